The molecule has 1 aliphatic rings. The molecule has 0 spiro atoms. The molecule has 0 bridgehead atoms. The quantitative estimate of drug-likeness (QED) is 0.898. The molecule has 1 fully saturated rings. The summed E-state index contributed by atoms with van der Waals surface area (Å²) >= 11 is 0. The van der Waals surface area contributed by atoms with Gasteiger partial charge in [-0.2, -0.15) is 18.4 Å². The molecule has 1 aromatic rings. The minimum atomic E-state index is -4.58. The van der Waals surface area contributed by atoms with Gasteiger partial charge in [-0.15, -0.1) is 0 Å². The second kappa shape index (κ2) is 6.15. The molecule has 0 aromatic heterocycles. The van der Waals surface area contributed by atoms with E-state index < -0.39 is 17.9 Å². The smallest absolute Gasteiger partial charge is 0.393 e. The summed E-state index contributed by atoms with van der Waals surface area (Å²) in [6.45, 7) is 3.84. The number of anilines is 1. The minimum absolute atomic E-state index is 0.0619. The fourth-order valence-corrected chi connectivity index (χ4v) is 2.99. The predicted octanol–water partition coefficient (Wildman–Crippen LogP) is 2.26. The van der Waals surface area contributed by atoms with Gasteiger partial charge in [-0.3, -0.25) is 5.32 Å². The SMILES string of the molecule is CCc1c(N2CC(C)NC2CO)ccc(C#N)c1C(F)(F)F. The van der Waals surface area contributed by atoms with Crippen molar-refractivity contribution in [2.45, 2.75) is 38.7 Å². The Morgan fingerprint density at radius 1 is 1.45 bits per heavy atom. The Bertz CT molecular complexity index is 595. The van der Waals surface area contributed by atoms with Crippen molar-refractivity contribution in [3.05, 3.63) is 28.8 Å². The predicted molar refractivity (Wildman–Crippen MR) is 76.4 cm³/mol. The van der Waals surface area contributed by atoms with E-state index in [9.17, 15) is 18.3 Å². The van der Waals surface area contributed by atoms with Crippen LogP contribution in [-0.2, 0) is 12.6 Å². The molecule has 0 radical (unpaired) electrons. The average Bonchev–Trinajstić information content (AvgIpc) is 2.85. The van der Waals surface area contributed by atoms with Crippen molar-refractivity contribution in [3.63, 3.8) is 0 Å². The van der Waals surface area contributed by atoms with Crippen LogP contribution in [0, 0.1) is 11.3 Å². The normalized spacial score (nSPS) is 22.0. The van der Waals surface area contributed by atoms with Crippen molar-refractivity contribution >= 4 is 5.69 Å². The number of alkyl halides is 3. The Balaban J connectivity index is 2.61. The first-order valence-corrected chi connectivity index (χ1v) is 7.10. The van der Waals surface area contributed by atoms with Crippen LogP contribution in [0.1, 0.15) is 30.5 Å². The van der Waals surface area contributed by atoms with Crippen molar-refractivity contribution in [2.75, 3.05) is 18.1 Å². The zero-order valence-electron chi connectivity index (χ0n) is 12.4. The molecular weight excluding hydrogens is 295 g/mol. The third kappa shape index (κ3) is 2.89. The van der Waals surface area contributed by atoms with Gasteiger partial charge in [0.05, 0.1) is 23.8 Å². The van der Waals surface area contributed by atoms with Gasteiger partial charge in [0.2, 0.25) is 0 Å². The van der Waals surface area contributed by atoms with Gasteiger partial charge in [0.1, 0.15) is 6.17 Å². The summed E-state index contributed by atoms with van der Waals surface area (Å²) < 4.78 is 40.1. The molecule has 4 nitrogen and oxygen atoms in total. The summed E-state index contributed by atoms with van der Waals surface area (Å²) in [6.07, 6.45) is -4.85. The average molecular weight is 313 g/mol. The Morgan fingerprint density at radius 2 is 2.14 bits per heavy atom. The third-order valence-electron chi connectivity index (χ3n) is 3.85. The van der Waals surface area contributed by atoms with Crippen LogP contribution in [0.15, 0.2) is 12.1 Å². The molecule has 0 amide bonds. The lowest BCUT2D eigenvalue weighted by Crippen LogP contribution is -2.40. The summed E-state index contributed by atoms with van der Waals surface area (Å²) in [4.78, 5) is 1.74. The van der Waals surface area contributed by atoms with Crippen LogP contribution in [0.25, 0.3) is 0 Å². The summed E-state index contributed by atoms with van der Waals surface area (Å²) in [5.74, 6) is 0. The first kappa shape index (κ1) is 16.6. The van der Waals surface area contributed by atoms with Gasteiger partial charge in [-0.05, 0) is 31.0 Å². The van der Waals surface area contributed by atoms with Gasteiger partial charge >= 0.3 is 6.18 Å². The lowest BCUT2D eigenvalue weighted by atomic mass is 9.96. The van der Waals surface area contributed by atoms with E-state index in [4.69, 9.17) is 5.26 Å². The summed E-state index contributed by atoms with van der Waals surface area (Å²) in [5, 5.41) is 21.5. The number of hydrogen-bond acceptors (Lipinski definition) is 4. The van der Waals surface area contributed by atoms with E-state index in [0.29, 0.717) is 12.2 Å². The van der Waals surface area contributed by atoms with E-state index in [1.54, 1.807) is 17.9 Å². The van der Waals surface area contributed by atoms with Gasteiger partial charge in [0.25, 0.3) is 0 Å². The maximum absolute atomic E-state index is 13.4. The second-order valence-corrected chi connectivity index (χ2v) is 5.37. The fourth-order valence-electron chi connectivity index (χ4n) is 2.99. The van der Waals surface area contributed by atoms with Gasteiger partial charge in [-0.25, -0.2) is 0 Å². The van der Waals surface area contributed by atoms with E-state index in [1.165, 1.54) is 12.1 Å². The molecule has 7 heteroatoms. The zero-order valence-corrected chi connectivity index (χ0v) is 12.4. The van der Waals surface area contributed by atoms with Crippen molar-refractivity contribution < 1.29 is 18.3 Å². The van der Waals surface area contributed by atoms with Crippen LogP contribution in [0.4, 0.5) is 18.9 Å². The number of aliphatic hydroxyl groups is 1. The molecule has 0 aliphatic carbocycles. The number of benzene rings is 1. The van der Waals surface area contributed by atoms with E-state index in [2.05, 4.69) is 5.32 Å². The van der Waals surface area contributed by atoms with Gasteiger partial charge < -0.3 is 10.0 Å². The first-order valence-electron chi connectivity index (χ1n) is 7.10. The summed E-state index contributed by atoms with van der Waals surface area (Å²) in [6, 6.07) is 4.43. The van der Waals surface area contributed by atoms with Crippen LogP contribution in [-0.4, -0.2) is 30.5 Å². The third-order valence-corrected chi connectivity index (χ3v) is 3.85. The molecule has 2 unspecified atom stereocenters. The van der Waals surface area contributed by atoms with Gasteiger partial charge in [-0.1, -0.05) is 6.92 Å². The number of halogens is 3. The number of rotatable bonds is 3. The van der Waals surface area contributed by atoms with E-state index in [1.807, 2.05) is 6.92 Å². The monoisotopic (exact) mass is 313 g/mol. The Hall–Kier alpha value is -1.78. The molecule has 2 atom stereocenters. The first-order chi connectivity index (χ1) is 10.3. The maximum Gasteiger partial charge on any atom is 0.418 e. The molecule has 1 aliphatic heterocycles. The zero-order chi connectivity index (χ0) is 16.5. The standard InChI is InChI=1S/C15H18F3N3O/c1-3-11-12(21-7-9(2)20-13(21)8-22)5-4-10(6-19)14(11)15(16,17)18/h4-5,9,13,20,22H,3,7-8H2,1-2H3. The number of nitrogens with zero attached hydrogens (tertiary/aromatic N) is 2. The number of hydrogen-bond donors (Lipinski definition) is 2. The minimum Gasteiger partial charge on any atom is -0.393 e. The topological polar surface area (TPSA) is 59.3 Å². The van der Waals surface area contributed by atoms with Crippen LogP contribution in [0.2, 0.25) is 0 Å². The number of nitrogens with one attached hydrogen (secondary N) is 1. The van der Waals surface area contributed by atoms with Crippen molar-refractivity contribution in [1.29, 1.82) is 5.26 Å². The highest BCUT2D eigenvalue weighted by Crippen LogP contribution is 2.39. The van der Waals surface area contributed by atoms with E-state index in [0.717, 1.165) is 0 Å². The summed E-state index contributed by atoms with van der Waals surface area (Å²) in [5.41, 5.74) is -0.717. The maximum atomic E-state index is 13.4. The van der Waals surface area contributed by atoms with Gasteiger partial charge in [0, 0.05) is 18.3 Å². The van der Waals surface area contributed by atoms with Crippen LogP contribution < -0.4 is 10.2 Å². The number of nitriles is 1. The highest BCUT2D eigenvalue weighted by Gasteiger charge is 2.39. The Kier molecular flexibility index (Phi) is 4.63. The highest BCUT2D eigenvalue weighted by molar-refractivity contribution is 5.63. The fraction of sp³-hybridized carbons (Fsp3) is 0.533. The molecule has 1 saturated heterocycles. The highest BCUT2D eigenvalue weighted by atomic mass is 19.4. The van der Waals surface area contributed by atoms with E-state index in [-0.39, 0.29) is 30.2 Å². The lowest BCUT2D eigenvalue weighted by molar-refractivity contribution is -0.138. The van der Waals surface area contributed by atoms with Crippen LogP contribution in [0.3, 0.4) is 0 Å². The second-order valence-electron chi connectivity index (χ2n) is 5.37. The van der Waals surface area contributed by atoms with Crippen molar-refractivity contribution in [3.8, 4) is 6.07 Å². The molecule has 2 N–H and O–H groups in total. The van der Waals surface area contributed by atoms with E-state index >= 15 is 0 Å². The largest absolute Gasteiger partial charge is 0.418 e. The number of aliphatic hydroxyl groups excluding tert-OH is 1. The van der Waals surface area contributed by atoms with Gasteiger partial charge in [0.15, 0.2) is 0 Å². The van der Waals surface area contributed by atoms with Crippen LogP contribution in [0.5, 0.6) is 0 Å². The molecular formula is C15H18F3N3O. The molecule has 22 heavy (non-hydrogen) atoms. The summed E-state index contributed by atoms with van der Waals surface area (Å²) in [7, 11) is 0. The Morgan fingerprint density at radius 3 is 2.64 bits per heavy atom. The van der Waals surface area contributed by atoms with Crippen LogP contribution >= 0.6 is 0 Å². The molecule has 2 rings (SSSR count). The van der Waals surface area contributed by atoms with Crippen molar-refractivity contribution in [1.82, 2.24) is 5.32 Å². The lowest BCUT2D eigenvalue weighted by Gasteiger charge is -2.28. The molecule has 0 saturated carbocycles. The molecule has 1 aromatic carbocycles. The van der Waals surface area contributed by atoms with Crippen molar-refractivity contribution in [2.24, 2.45) is 0 Å². The Labute approximate surface area is 127 Å². The molecule has 120 valence electrons. The molecule has 1 heterocycles.